The summed E-state index contributed by atoms with van der Waals surface area (Å²) in [5, 5.41) is 8.75. The van der Waals surface area contributed by atoms with Crippen molar-refractivity contribution in [3.8, 4) is 34.2 Å². The predicted octanol–water partition coefficient (Wildman–Crippen LogP) is 11.0. The number of aromatic nitrogens is 3. The fourth-order valence-electron chi connectivity index (χ4n) is 6.58. The monoisotopic (exact) mass is 589 g/mol. The van der Waals surface area contributed by atoms with Gasteiger partial charge in [0.05, 0.1) is 0 Å². The highest BCUT2D eigenvalue weighted by Gasteiger charge is 2.18. The van der Waals surface area contributed by atoms with E-state index >= 15 is 0 Å². The van der Waals surface area contributed by atoms with Gasteiger partial charge < -0.3 is 8.83 Å². The second kappa shape index (κ2) is 9.58. The molecule has 0 radical (unpaired) electrons. The molecule has 0 atom stereocenters. The van der Waals surface area contributed by atoms with Crippen molar-refractivity contribution in [1.29, 1.82) is 0 Å². The van der Waals surface area contributed by atoms with Gasteiger partial charge in [-0.15, -0.1) is 0 Å². The molecule has 5 heteroatoms. The van der Waals surface area contributed by atoms with Gasteiger partial charge in [-0.2, -0.15) is 0 Å². The highest BCUT2D eigenvalue weighted by molar-refractivity contribution is 6.19. The first kappa shape index (κ1) is 25.0. The summed E-state index contributed by atoms with van der Waals surface area (Å²) in [6.45, 7) is 0. The molecular weight excluding hydrogens is 566 g/mol. The van der Waals surface area contributed by atoms with Crippen LogP contribution in [-0.4, -0.2) is 15.0 Å². The van der Waals surface area contributed by atoms with Crippen LogP contribution in [0.1, 0.15) is 0 Å². The first-order valence-corrected chi connectivity index (χ1v) is 15.3. The Morgan fingerprint density at radius 3 is 1.37 bits per heavy atom. The fraction of sp³-hybridized carbons (Fsp3) is 0. The molecule has 0 aliphatic rings. The van der Waals surface area contributed by atoms with Crippen molar-refractivity contribution in [2.75, 3.05) is 0 Å². The lowest BCUT2D eigenvalue weighted by molar-refractivity contribution is 0.633. The molecule has 3 aromatic heterocycles. The van der Waals surface area contributed by atoms with Crippen LogP contribution in [-0.2, 0) is 0 Å². The lowest BCUT2D eigenvalue weighted by Gasteiger charge is -2.10. The third kappa shape index (κ3) is 3.85. The van der Waals surface area contributed by atoms with Gasteiger partial charge in [0.15, 0.2) is 28.6 Å². The Morgan fingerprint density at radius 2 is 0.761 bits per heavy atom. The third-order valence-electron chi connectivity index (χ3n) is 8.89. The van der Waals surface area contributed by atoms with E-state index in [1.165, 1.54) is 10.8 Å². The number of furan rings is 2. The van der Waals surface area contributed by atoms with E-state index < -0.39 is 0 Å². The molecule has 0 saturated carbocycles. The van der Waals surface area contributed by atoms with E-state index in [9.17, 15) is 0 Å². The number of hydrogen-bond donors (Lipinski definition) is 0. The zero-order valence-corrected chi connectivity index (χ0v) is 24.4. The number of rotatable bonds is 3. The molecular formula is C41H23N3O2. The quantitative estimate of drug-likeness (QED) is 0.205. The van der Waals surface area contributed by atoms with Crippen LogP contribution in [0.15, 0.2) is 148 Å². The van der Waals surface area contributed by atoms with Crippen LogP contribution >= 0.6 is 0 Å². The third-order valence-corrected chi connectivity index (χ3v) is 8.89. The summed E-state index contributed by atoms with van der Waals surface area (Å²) in [5.41, 5.74) is 5.81. The summed E-state index contributed by atoms with van der Waals surface area (Å²) in [4.78, 5) is 15.1. The first-order chi connectivity index (χ1) is 22.7. The van der Waals surface area contributed by atoms with E-state index in [2.05, 4.69) is 91.0 Å². The van der Waals surface area contributed by atoms with Crippen molar-refractivity contribution in [3.05, 3.63) is 140 Å². The summed E-state index contributed by atoms with van der Waals surface area (Å²) in [5.74, 6) is 1.82. The summed E-state index contributed by atoms with van der Waals surface area (Å²) >= 11 is 0. The van der Waals surface area contributed by atoms with Crippen LogP contribution in [0, 0.1) is 0 Å². The van der Waals surface area contributed by atoms with Gasteiger partial charge in [-0.1, -0.05) is 97.1 Å². The number of fused-ring (bicyclic) bond motifs is 9. The summed E-state index contributed by atoms with van der Waals surface area (Å²) in [7, 11) is 0. The maximum absolute atomic E-state index is 6.52. The van der Waals surface area contributed by atoms with Crippen LogP contribution in [0.5, 0.6) is 0 Å². The van der Waals surface area contributed by atoms with Gasteiger partial charge in [-0.05, 0) is 64.0 Å². The minimum Gasteiger partial charge on any atom is -0.452 e. The minimum absolute atomic E-state index is 0.581. The molecule has 7 aromatic carbocycles. The van der Waals surface area contributed by atoms with Gasteiger partial charge in [0.1, 0.15) is 11.2 Å². The Hall–Kier alpha value is -6.33. The highest BCUT2D eigenvalue weighted by Crippen LogP contribution is 2.39. The molecule has 3 heterocycles. The maximum atomic E-state index is 6.52. The second-order valence-corrected chi connectivity index (χ2v) is 11.7. The van der Waals surface area contributed by atoms with Crippen LogP contribution < -0.4 is 0 Å². The Bertz CT molecular complexity index is 2730. The Balaban J connectivity index is 1.17. The average molecular weight is 590 g/mol. The topological polar surface area (TPSA) is 65.0 Å². The van der Waals surface area contributed by atoms with Crippen molar-refractivity contribution in [3.63, 3.8) is 0 Å². The Kier molecular flexibility index (Phi) is 5.22. The molecule has 0 N–H and O–H groups in total. The van der Waals surface area contributed by atoms with Crippen LogP contribution in [0.25, 0.3) is 99.6 Å². The Labute approximate surface area is 262 Å². The lowest BCUT2D eigenvalue weighted by Crippen LogP contribution is -2.00. The van der Waals surface area contributed by atoms with Crippen molar-refractivity contribution in [1.82, 2.24) is 15.0 Å². The number of para-hydroxylation sites is 1. The SMILES string of the molecule is c1ccc2cc(-c3nc(-c4ccc5ccccc5c4)nc(-c4ccc5c(c4)oc4c5ccc5c6ccccc6oc54)n3)ccc2c1. The zero-order valence-electron chi connectivity index (χ0n) is 24.4. The van der Waals surface area contributed by atoms with Crippen molar-refractivity contribution < 1.29 is 8.83 Å². The van der Waals surface area contributed by atoms with Gasteiger partial charge in [0.25, 0.3) is 0 Å². The number of hydrogen-bond acceptors (Lipinski definition) is 5. The standard InChI is InChI=1S/C41H23N3O2/c1-3-9-26-21-28(15-13-24(26)7-1)39-42-40(29-16-14-25-8-2-4-10-27(25)22-29)44-41(43-39)30-17-18-32-34-20-19-33-31-11-5-6-12-35(31)45-37(33)38(34)46-36(32)23-30/h1-23H. The molecule has 0 aliphatic heterocycles. The van der Waals surface area contributed by atoms with Crippen LogP contribution in [0.4, 0.5) is 0 Å². The number of nitrogens with zero attached hydrogens (tertiary/aromatic N) is 3. The Morgan fingerprint density at radius 1 is 0.326 bits per heavy atom. The second-order valence-electron chi connectivity index (χ2n) is 11.7. The van der Waals surface area contributed by atoms with E-state index in [0.717, 1.165) is 71.3 Å². The van der Waals surface area contributed by atoms with Crippen LogP contribution in [0.2, 0.25) is 0 Å². The summed E-state index contributed by atoms with van der Waals surface area (Å²) in [6, 6.07) is 47.8. The molecule has 0 amide bonds. The molecule has 0 unspecified atom stereocenters. The zero-order chi connectivity index (χ0) is 30.2. The molecule has 0 fully saturated rings. The molecule has 10 rings (SSSR count). The molecule has 46 heavy (non-hydrogen) atoms. The molecule has 0 aliphatic carbocycles. The van der Waals surface area contributed by atoms with Gasteiger partial charge >= 0.3 is 0 Å². The molecule has 0 saturated heterocycles. The predicted molar refractivity (Wildman–Crippen MR) is 186 cm³/mol. The molecule has 5 nitrogen and oxygen atoms in total. The van der Waals surface area contributed by atoms with E-state index in [1.54, 1.807) is 0 Å². The molecule has 214 valence electrons. The van der Waals surface area contributed by atoms with Gasteiger partial charge in [-0.25, -0.2) is 15.0 Å². The summed E-state index contributed by atoms with van der Waals surface area (Å²) in [6.07, 6.45) is 0. The van der Waals surface area contributed by atoms with Crippen molar-refractivity contribution in [2.24, 2.45) is 0 Å². The average Bonchev–Trinajstić information content (AvgIpc) is 3.69. The largest absolute Gasteiger partial charge is 0.452 e. The fourth-order valence-corrected chi connectivity index (χ4v) is 6.58. The highest BCUT2D eigenvalue weighted by atomic mass is 16.4. The first-order valence-electron chi connectivity index (χ1n) is 15.3. The van der Waals surface area contributed by atoms with E-state index in [4.69, 9.17) is 23.8 Å². The summed E-state index contributed by atoms with van der Waals surface area (Å²) < 4.78 is 12.8. The van der Waals surface area contributed by atoms with Gasteiger partial charge in [-0.3, -0.25) is 0 Å². The number of benzene rings is 7. The minimum atomic E-state index is 0.581. The van der Waals surface area contributed by atoms with E-state index in [1.807, 2.05) is 48.5 Å². The normalized spacial score (nSPS) is 11.9. The van der Waals surface area contributed by atoms with Crippen molar-refractivity contribution >= 4 is 65.4 Å². The smallest absolute Gasteiger partial charge is 0.178 e. The maximum Gasteiger partial charge on any atom is 0.178 e. The van der Waals surface area contributed by atoms with Gasteiger partial charge in [0.2, 0.25) is 0 Å². The lowest BCUT2D eigenvalue weighted by atomic mass is 10.1. The van der Waals surface area contributed by atoms with Crippen LogP contribution in [0.3, 0.4) is 0 Å². The van der Waals surface area contributed by atoms with E-state index in [0.29, 0.717) is 17.5 Å². The molecule has 0 spiro atoms. The van der Waals surface area contributed by atoms with Crippen molar-refractivity contribution in [2.45, 2.75) is 0 Å². The van der Waals surface area contributed by atoms with Gasteiger partial charge in [0, 0.05) is 38.2 Å². The molecule has 10 aromatic rings. The molecule has 0 bridgehead atoms. The van der Waals surface area contributed by atoms with E-state index in [-0.39, 0.29) is 0 Å².